The lowest BCUT2D eigenvalue weighted by molar-refractivity contribution is 0.837. The largest absolute Gasteiger partial charge is 0.320 e. The predicted molar refractivity (Wildman–Crippen MR) is 51.0 cm³/mol. The average molecular weight is 183 g/mol. The summed E-state index contributed by atoms with van der Waals surface area (Å²) in [5.41, 5.74) is 7.84. The molecule has 0 radical (unpaired) electrons. The summed E-state index contributed by atoms with van der Waals surface area (Å²) in [5, 5.41) is 3.99. The molecule has 0 amide bonds. The van der Waals surface area contributed by atoms with Crippen molar-refractivity contribution in [2.75, 3.05) is 0 Å². The Morgan fingerprint density at radius 3 is 2.92 bits per heavy atom. The summed E-state index contributed by atoms with van der Waals surface area (Å²) < 4.78 is 3.87. The molecule has 1 rings (SSSR count). The van der Waals surface area contributed by atoms with E-state index < -0.39 is 0 Å². The number of rotatable bonds is 3. The van der Waals surface area contributed by atoms with E-state index in [2.05, 4.69) is 16.2 Å². The molecule has 0 aliphatic heterocycles. The first-order chi connectivity index (χ1) is 5.66. The highest BCUT2D eigenvalue weighted by atomic mass is 32.1. The monoisotopic (exact) mass is 183 g/mol. The standard InChI is InChI=1S/C8H13N3S/c1-4-6-8(12-11-10-6)7(9)5(2)3/h7H,2,4,9H2,1,3H3. The fourth-order valence-corrected chi connectivity index (χ4v) is 1.75. The highest BCUT2D eigenvalue weighted by Crippen LogP contribution is 2.23. The molecule has 1 aromatic rings. The van der Waals surface area contributed by atoms with E-state index in [0.29, 0.717) is 0 Å². The normalized spacial score (nSPS) is 12.9. The van der Waals surface area contributed by atoms with Gasteiger partial charge in [-0.15, -0.1) is 5.10 Å². The molecule has 0 saturated carbocycles. The maximum atomic E-state index is 5.89. The molecule has 1 aromatic heterocycles. The van der Waals surface area contributed by atoms with Crippen LogP contribution >= 0.6 is 11.5 Å². The van der Waals surface area contributed by atoms with Gasteiger partial charge in [-0.25, -0.2) is 0 Å². The van der Waals surface area contributed by atoms with E-state index in [1.54, 1.807) is 0 Å². The molecular weight excluding hydrogens is 170 g/mol. The van der Waals surface area contributed by atoms with Gasteiger partial charge in [-0.05, 0) is 24.9 Å². The van der Waals surface area contributed by atoms with Crippen molar-refractivity contribution in [2.45, 2.75) is 26.3 Å². The van der Waals surface area contributed by atoms with Crippen LogP contribution in [0.5, 0.6) is 0 Å². The van der Waals surface area contributed by atoms with Crippen molar-refractivity contribution in [3.8, 4) is 0 Å². The van der Waals surface area contributed by atoms with Gasteiger partial charge in [-0.3, -0.25) is 0 Å². The van der Waals surface area contributed by atoms with Crippen molar-refractivity contribution in [1.82, 2.24) is 9.59 Å². The van der Waals surface area contributed by atoms with Crippen molar-refractivity contribution < 1.29 is 0 Å². The average Bonchev–Trinajstić information content (AvgIpc) is 2.49. The number of nitrogens with two attached hydrogens (primary N) is 1. The minimum absolute atomic E-state index is 0.0973. The first kappa shape index (κ1) is 9.35. The lowest BCUT2D eigenvalue weighted by atomic mass is 10.1. The van der Waals surface area contributed by atoms with Crippen LogP contribution in [0.15, 0.2) is 12.2 Å². The zero-order valence-electron chi connectivity index (χ0n) is 7.37. The van der Waals surface area contributed by atoms with E-state index in [4.69, 9.17) is 5.73 Å². The minimum Gasteiger partial charge on any atom is -0.320 e. The van der Waals surface area contributed by atoms with Crippen LogP contribution in [0.25, 0.3) is 0 Å². The van der Waals surface area contributed by atoms with Gasteiger partial charge in [-0.2, -0.15) is 0 Å². The minimum atomic E-state index is -0.0973. The molecule has 0 aromatic carbocycles. The molecule has 0 aliphatic rings. The van der Waals surface area contributed by atoms with E-state index in [1.165, 1.54) is 11.5 Å². The Labute approximate surface area is 76.5 Å². The number of aromatic nitrogens is 2. The van der Waals surface area contributed by atoms with Crippen LogP contribution in [-0.2, 0) is 6.42 Å². The topological polar surface area (TPSA) is 51.8 Å². The number of hydrogen-bond acceptors (Lipinski definition) is 4. The lowest BCUT2D eigenvalue weighted by Crippen LogP contribution is -2.11. The number of aryl methyl sites for hydroxylation is 1. The Morgan fingerprint density at radius 2 is 2.42 bits per heavy atom. The Kier molecular flexibility index (Phi) is 2.94. The Bertz CT molecular complexity index is 280. The van der Waals surface area contributed by atoms with Crippen molar-refractivity contribution >= 4 is 11.5 Å². The molecule has 1 unspecified atom stereocenters. The third-order valence-electron chi connectivity index (χ3n) is 1.73. The summed E-state index contributed by atoms with van der Waals surface area (Å²) in [7, 11) is 0. The van der Waals surface area contributed by atoms with Crippen molar-refractivity contribution in [3.05, 3.63) is 22.7 Å². The summed E-state index contributed by atoms with van der Waals surface area (Å²) >= 11 is 1.36. The van der Waals surface area contributed by atoms with Gasteiger partial charge >= 0.3 is 0 Å². The van der Waals surface area contributed by atoms with Crippen LogP contribution in [0.2, 0.25) is 0 Å². The van der Waals surface area contributed by atoms with Gasteiger partial charge in [-0.1, -0.05) is 23.6 Å². The Morgan fingerprint density at radius 1 is 1.75 bits per heavy atom. The quantitative estimate of drug-likeness (QED) is 0.725. The molecule has 66 valence electrons. The summed E-state index contributed by atoms with van der Waals surface area (Å²) in [4.78, 5) is 1.05. The van der Waals surface area contributed by atoms with Crippen LogP contribution < -0.4 is 5.73 Å². The molecule has 0 fully saturated rings. The number of hydrogen-bond donors (Lipinski definition) is 1. The van der Waals surface area contributed by atoms with Crippen molar-refractivity contribution in [2.24, 2.45) is 5.73 Å². The summed E-state index contributed by atoms with van der Waals surface area (Å²) in [6, 6.07) is -0.0973. The molecular formula is C8H13N3S. The van der Waals surface area contributed by atoms with E-state index in [1.807, 2.05) is 13.8 Å². The second-order valence-electron chi connectivity index (χ2n) is 2.76. The SMILES string of the molecule is C=C(C)C(N)c1snnc1CC. The zero-order chi connectivity index (χ0) is 9.14. The van der Waals surface area contributed by atoms with Crippen LogP contribution in [0.3, 0.4) is 0 Å². The maximum Gasteiger partial charge on any atom is 0.0804 e. The van der Waals surface area contributed by atoms with E-state index in [9.17, 15) is 0 Å². The zero-order valence-corrected chi connectivity index (χ0v) is 8.19. The second kappa shape index (κ2) is 3.78. The molecule has 1 atom stereocenters. The first-order valence-electron chi connectivity index (χ1n) is 3.89. The maximum absolute atomic E-state index is 5.89. The molecule has 0 bridgehead atoms. The molecule has 12 heavy (non-hydrogen) atoms. The highest BCUT2D eigenvalue weighted by Gasteiger charge is 2.14. The van der Waals surface area contributed by atoms with Gasteiger partial charge in [0.15, 0.2) is 0 Å². The molecule has 2 N–H and O–H groups in total. The van der Waals surface area contributed by atoms with E-state index in [-0.39, 0.29) is 6.04 Å². The lowest BCUT2D eigenvalue weighted by Gasteiger charge is -2.08. The van der Waals surface area contributed by atoms with E-state index in [0.717, 1.165) is 22.6 Å². The van der Waals surface area contributed by atoms with Gasteiger partial charge in [0.25, 0.3) is 0 Å². The van der Waals surface area contributed by atoms with Crippen LogP contribution in [0.4, 0.5) is 0 Å². The predicted octanol–water partition coefficient (Wildman–Crippen LogP) is 1.68. The smallest absolute Gasteiger partial charge is 0.0804 e. The van der Waals surface area contributed by atoms with Crippen LogP contribution in [-0.4, -0.2) is 9.59 Å². The second-order valence-corrected chi connectivity index (χ2v) is 3.55. The molecule has 4 heteroatoms. The molecule has 3 nitrogen and oxygen atoms in total. The fourth-order valence-electron chi connectivity index (χ4n) is 0.921. The first-order valence-corrected chi connectivity index (χ1v) is 4.66. The van der Waals surface area contributed by atoms with Gasteiger partial charge < -0.3 is 5.73 Å². The van der Waals surface area contributed by atoms with Crippen LogP contribution in [0, 0.1) is 0 Å². The van der Waals surface area contributed by atoms with Crippen molar-refractivity contribution in [3.63, 3.8) is 0 Å². The Hall–Kier alpha value is -0.740. The summed E-state index contributed by atoms with van der Waals surface area (Å²) in [6.07, 6.45) is 0.882. The van der Waals surface area contributed by atoms with Crippen LogP contribution in [0.1, 0.15) is 30.5 Å². The third-order valence-corrected chi connectivity index (χ3v) is 2.58. The van der Waals surface area contributed by atoms with Gasteiger partial charge in [0, 0.05) is 0 Å². The molecule has 0 spiro atoms. The van der Waals surface area contributed by atoms with E-state index >= 15 is 0 Å². The van der Waals surface area contributed by atoms with Crippen molar-refractivity contribution in [1.29, 1.82) is 0 Å². The molecule has 0 aliphatic carbocycles. The molecule has 0 saturated heterocycles. The van der Waals surface area contributed by atoms with Gasteiger partial charge in [0.1, 0.15) is 0 Å². The Balaban J connectivity index is 2.93. The molecule has 1 heterocycles. The number of nitrogens with zero attached hydrogens (tertiary/aromatic N) is 2. The van der Waals surface area contributed by atoms with Gasteiger partial charge in [0.2, 0.25) is 0 Å². The highest BCUT2D eigenvalue weighted by molar-refractivity contribution is 7.05. The summed E-state index contributed by atoms with van der Waals surface area (Å²) in [6.45, 7) is 7.78. The fraction of sp³-hybridized carbons (Fsp3) is 0.500. The van der Waals surface area contributed by atoms with Gasteiger partial charge in [0.05, 0.1) is 16.6 Å². The summed E-state index contributed by atoms with van der Waals surface area (Å²) in [5.74, 6) is 0. The third kappa shape index (κ3) is 1.70.